The van der Waals surface area contributed by atoms with Crippen LogP contribution in [-0.2, 0) is 4.79 Å². The van der Waals surface area contributed by atoms with Gasteiger partial charge in [-0.2, -0.15) is 0 Å². The predicted molar refractivity (Wildman–Crippen MR) is 70.5 cm³/mol. The molecule has 4 aliphatic carbocycles. The molecular formula is C14H25N3O. The van der Waals surface area contributed by atoms with E-state index in [1.807, 2.05) is 18.9 Å². The van der Waals surface area contributed by atoms with Crippen LogP contribution in [0, 0.1) is 17.8 Å². The second kappa shape index (κ2) is 4.20. The summed E-state index contributed by atoms with van der Waals surface area (Å²) in [6.45, 7) is 1.85. The van der Waals surface area contributed by atoms with Gasteiger partial charge in [-0.15, -0.1) is 0 Å². The van der Waals surface area contributed by atoms with Gasteiger partial charge in [0.2, 0.25) is 5.91 Å². The highest BCUT2D eigenvalue weighted by Crippen LogP contribution is 2.57. The van der Waals surface area contributed by atoms with E-state index in [9.17, 15) is 4.79 Å². The molecule has 1 amide bonds. The van der Waals surface area contributed by atoms with Crippen LogP contribution >= 0.6 is 0 Å². The zero-order valence-electron chi connectivity index (χ0n) is 11.5. The largest absolute Gasteiger partial charge is 0.339 e. The molecule has 0 heterocycles. The molecule has 1 atom stereocenters. The molecule has 102 valence electrons. The van der Waals surface area contributed by atoms with E-state index in [2.05, 4.69) is 5.43 Å². The zero-order valence-corrected chi connectivity index (χ0v) is 11.5. The van der Waals surface area contributed by atoms with Gasteiger partial charge in [0.15, 0.2) is 0 Å². The number of nitrogens with one attached hydrogen (secondary N) is 1. The number of hydrazine groups is 1. The number of nitrogens with zero attached hydrogens (tertiary/aromatic N) is 1. The fourth-order valence-corrected chi connectivity index (χ4v) is 5.07. The lowest BCUT2D eigenvalue weighted by molar-refractivity contribution is -0.149. The van der Waals surface area contributed by atoms with E-state index in [0.717, 1.165) is 17.8 Å². The van der Waals surface area contributed by atoms with Crippen LogP contribution < -0.4 is 11.3 Å². The quantitative estimate of drug-likeness (QED) is 0.586. The number of rotatable bonds is 3. The molecule has 4 saturated carbocycles. The molecule has 3 N–H and O–H groups in total. The molecular weight excluding hydrogens is 226 g/mol. The van der Waals surface area contributed by atoms with Crippen LogP contribution in [0.15, 0.2) is 0 Å². The number of carbonyl (C=O) groups is 1. The van der Waals surface area contributed by atoms with Crippen molar-refractivity contribution < 1.29 is 4.79 Å². The summed E-state index contributed by atoms with van der Waals surface area (Å²) in [4.78, 5) is 14.4. The van der Waals surface area contributed by atoms with Gasteiger partial charge in [0.1, 0.15) is 0 Å². The van der Waals surface area contributed by atoms with Crippen LogP contribution in [0.3, 0.4) is 0 Å². The second-order valence-electron chi connectivity index (χ2n) is 6.93. The molecule has 4 aliphatic rings. The van der Waals surface area contributed by atoms with E-state index in [1.54, 1.807) is 0 Å². The monoisotopic (exact) mass is 251 g/mol. The van der Waals surface area contributed by atoms with Crippen LogP contribution in [0.1, 0.15) is 45.4 Å². The minimum Gasteiger partial charge on any atom is -0.339 e. The normalized spacial score (nSPS) is 42.9. The summed E-state index contributed by atoms with van der Waals surface area (Å²) in [6.07, 6.45) is 7.89. The van der Waals surface area contributed by atoms with Crippen molar-refractivity contribution in [2.45, 2.75) is 57.0 Å². The number of hydrogen-bond donors (Lipinski definition) is 2. The maximum absolute atomic E-state index is 12.4. The Balaban J connectivity index is 1.80. The van der Waals surface area contributed by atoms with Gasteiger partial charge in [0, 0.05) is 12.6 Å². The van der Waals surface area contributed by atoms with Crippen molar-refractivity contribution in [2.75, 3.05) is 7.05 Å². The Hall–Kier alpha value is -0.610. The summed E-state index contributed by atoms with van der Waals surface area (Å²) >= 11 is 0. The highest BCUT2D eigenvalue weighted by Gasteiger charge is 2.53. The van der Waals surface area contributed by atoms with E-state index >= 15 is 0 Å². The molecule has 4 fully saturated rings. The lowest BCUT2D eigenvalue weighted by atomic mass is 9.52. The van der Waals surface area contributed by atoms with Gasteiger partial charge in [0.25, 0.3) is 0 Å². The van der Waals surface area contributed by atoms with Gasteiger partial charge in [-0.1, -0.05) is 0 Å². The van der Waals surface area contributed by atoms with Crippen LogP contribution in [0.2, 0.25) is 0 Å². The van der Waals surface area contributed by atoms with Crippen molar-refractivity contribution in [3.05, 3.63) is 0 Å². The minimum absolute atomic E-state index is 0.150. The third-order valence-electron chi connectivity index (χ3n) is 5.67. The van der Waals surface area contributed by atoms with Crippen molar-refractivity contribution in [3.8, 4) is 0 Å². The number of amides is 1. The van der Waals surface area contributed by atoms with Crippen molar-refractivity contribution in [2.24, 2.45) is 23.6 Å². The van der Waals surface area contributed by atoms with E-state index in [-0.39, 0.29) is 17.5 Å². The molecule has 1 unspecified atom stereocenters. The molecule has 4 bridgehead atoms. The van der Waals surface area contributed by atoms with Crippen molar-refractivity contribution >= 4 is 5.91 Å². The molecule has 0 saturated heterocycles. The molecule has 4 nitrogen and oxygen atoms in total. The lowest BCUT2D eigenvalue weighted by Crippen LogP contribution is -2.62. The topological polar surface area (TPSA) is 58.4 Å². The highest BCUT2D eigenvalue weighted by atomic mass is 16.2. The zero-order chi connectivity index (χ0) is 12.9. The Morgan fingerprint density at radius 1 is 1.22 bits per heavy atom. The summed E-state index contributed by atoms with van der Waals surface area (Å²) in [7, 11) is 1.99. The standard InChI is InChI=1S/C14H25N3O/c1-9(16-15)13(18)17(2)14-6-10-3-11(7-14)5-12(4-10)8-14/h9-12,16H,3-8,15H2,1-2H3. The first-order valence-electron chi connectivity index (χ1n) is 7.28. The van der Waals surface area contributed by atoms with Crippen LogP contribution in [0.5, 0.6) is 0 Å². The van der Waals surface area contributed by atoms with Crippen molar-refractivity contribution in [1.82, 2.24) is 10.3 Å². The summed E-state index contributed by atoms with van der Waals surface area (Å²) in [5, 5.41) is 0. The molecule has 0 aromatic rings. The number of nitrogens with two attached hydrogens (primary N) is 1. The smallest absolute Gasteiger partial charge is 0.240 e. The highest BCUT2D eigenvalue weighted by molar-refractivity contribution is 5.82. The SMILES string of the molecule is CC(NN)C(=O)N(C)C12CC3CC(CC(C3)C1)C2. The molecule has 0 radical (unpaired) electrons. The van der Waals surface area contributed by atoms with E-state index in [0.29, 0.717) is 0 Å². The summed E-state index contributed by atoms with van der Waals surface area (Å²) < 4.78 is 0. The first-order valence-corrected chi connectivity index (χ1v) is 7.28. The Labute approximate surface area is 109 Å². The van der Waals surface area contributed by atoms with Crippen molar-refractivity contribution in [1.29, 1.82) is 0 Å². The number of hydrogen-bond acceptors (Lipinski definition) is 3. The molecule has 0 aromatic carbocycles. The molecule has 4 rings (SSSR count). The summed E-state index contributed by atoms with van der Waals surface area (Å²) in [6, 6.07) is -0.275. The Bertz CT molecular complexity index is 320. The van der Waals surface area contributed by atoms with Gasteiger partial charge >= 0.3 is 0 Å². The second-order valence-corrected chi connectivity index (χ2v) is 6.93. The van der Waals surface area contributed by atoms with Gasteiger partial charge < -0.3 is 4.90 Å². The van der Waals surface area contributed by atoms with Crippen LogP contribution in [-0.4, -0.2) is 29.4 Å². The molecule has 4 heteroatoms. The average Bonchev–Trinajstić information content (AvgIpc) is 2.34. The van der Waals surface area contributed by atoms with Crippen LogP contribution in [0.4, 0.5) is 0 Å². The maximum Gasteiger partial charge on any atom is 0.240 e. The summed E-state index contributed by atoms with van der Waals surface area (Å²) in [5.74, 6) is 8.16. The average molecular weight is 251 g/mol. The van der Waals surface area contributed by atoms with Gasteiger partial charge in [-0.3, -0.25) is 10.6 Å². The van der Waals surface area contributed by atoms with Gasteiger partial charge in [-0.05, 0) is 63.2 Å². The molecule has 18 heavy (non-hydrogen) atoms. The third-order valence-corrected chi connectivity index (χ3v) is 5.67. The minimum atomic E-state index is -0.275. The lowest BCUT2D eigenvalue weighted by Gasteiger charge is -2.60. The number of likely N-dealkylation sites (N-methyl/N-ethyl adjacent to an activating group) is 1. The first kappa shape index (κ1) is 12.4. The fraction of sp³-hybridized carbons (Fsp3) is 0.929. The van der Waals surface area contributed by atoms with Gasteiger partial charge in [-0.25, -0.2) is 5.43 Å². The molecule has 0 aliphatic heterocycles. The van der Waals surface area contributed by atoms with Gasteiger partial charge in [0.05, 0.1) is 6.04 Å². The summed E-state index contributed by atoms with van der Waals surface area (Å²) in [5.41, 5.74) is 2.74. The van der Waals surface area contributed by atoms with Crippen molar-refractivity contribution in [3.63, 3.8) is 0 Å². The Morgan fingerprint density at radius 3 is 2.06 bits per heavy atom. The predicted octanol–water partition coefficient (Wildman–Crippen LogP) is 1.27. The molecule has 0 spiro atoms. The third kappa shape index (κ3) is 1.77. The first-order chi connectivity index (χ1) is 8.54. The maximum atomic E-state index is 12.4. The fourth-order valence-electron chi connectivity index (χ4n) is 5.07. The Morgan fingerprint density at radius 2 is 1.67 bits per heavy atom. The Kier molecular flexibility index (Phi) is 2.90. The van der Waals surface area contributed by atoms with E-state index in [1.165, 1.54) is 38.5 Å². The van der Waals surface area contributed by atoms with Crippen LogP contribution in [0.25, 0.3) is 0 Å². The van der Waals surface area contributed by atoms with E-state index < -0.39 is 0 Å². The molecule has 0 aromatic heterocycles. The van der Waals surface area contributed by atoms with E-state index in [4.69, 9.17) is 5.84 Å². The number of carbonyl (C=O) groups excluding carboxylic acids is 1.